The molecule has 0 aliphatic heterocycles. The van der Waals surface area contributed by atoms with Gasteiger partial charge in [0.1, 0.15) is 24.2 Å². The normalized spacial score (nSPS) is 14.3. The van der Waals surface area contributed by atoms with E-state index in [1.54, 1.807) is 13.8 Å². The molecule has 0 fully saturated rings. The summed E-state index contributed by atoms with van der Waals surface area (Å²) in [5.74, 6) is -3.08. The van der Waals surface area contributed by atoms with Gasteiger partial charge in [-0.15, -0.1) is 0 Å². The van der Waals surface area contributed by atoms with Crippen LogP contribution in [0.3, 0.4) is 0 Å². The summed E-state index contributed by atoms with van der Waals surface area (Å²) in [6.45, 7) is 7.56. The lowest BCUT2D eigenvalue weighted by molar-refractivity contribution is -0.135. The van der Waals surface area contributed by atoms with Gasteiger partial charge in [0.2, 0.25) is 29.5 Å². The summed E-state index contributed by atoms with van der Waals surface area (Å²) in [5, 5.41) is 11.1. The smallest absolute Gasteiger partial charge is 0.243 e. The maximum atomic E-state index is 13.9. The molecule has 0 spiro atoms. The van der Waals surface area contributed by atoms with E-state index in [1.807, 2.05) is 74.5 Å². The zero-order valence-electron chi connectivity index (χ0n) is 27.6. The van der Waals surface area contributed by atoms with E-state index in [2.05, 4.69) is 21.3 Å². The minimum atomic E-state index is -1.08. The van der Waals surface area contributed by atoms with Crippen LogP contribution in [0, 0.1) is 5.92 Å². The van der Waals surface area contributed by atoms with Crippen molar-refractivity contribution in [2.24, 2.45) is 17.4 Å². The molecule has 0 heterocycles. The fraction of sp³-hybridized carbons (Fsp3) is 0.514. The lowest BCUT2D eigenvalue weighted by atomic mass is 9.99. The zero-order valence-corrected chi connectivity index (χ0v) is 27.6. The van der Waals surface area contributed by atoms with Crippen molar-refractivity contribution in [1.29, 1.82) is 0 Å². The molecule has 252 valence electrons. The number of rotatable bonds is 20. The van der Waals surface area contributed by atoms with Gasteiger partial charge in [0, 0.05) is 12.8 Å². The van der Waals surface area contributed by atoms with Gasteiger partial charge in [0.15, 0.2) is 0 Å². The van der Waals surface area contributed by atoms with Gasteiger partial charge in [-0.05, 0) is 29.9 Å². The minimum absolute atomic E-state index is 0.132. The molecular formula is C35H52N6O5. The summed E-state index contributed by atoms with van der Waals surface area (Å²) in [5.41, 5.74) is 13.2. The molecule has 8 N–H and O–H groups in total. The number of carbonyl (C=O) groups is 5. The first-order chi connectivity index (χ1) is 22.0. The van der Waals surface area contributed by atoms with Gasteiger partial charge in [-0.1, -0.05) is 114 Å². The molecule has 0 radical (unpaired) electrons. The molecular weight excluding hydrogens is 584 g/mol. The van der Waals surface area contributed by atoms with Gasteiger partial charge in [-0.2, -0.15) is 0 Å². The highest BCUT2D eigenvalue weighted by Gasteiger charge is 2.32. The fourth-order valence-corrected chi connectivity index (χ4v) is 4.97. The Morgan fingerprint density at radius 2 is 1.04 bits per heavy atom. The van der Waals surface area contributed by atoms with Crippen molar-refractivity contribution in [1.82, 2.24) is 21.3 Å². The Bertz CT molecular complexity index is 1260. The van der Waals surface area contributed by atoms with E-state index in [0.717, 1.165) is 30.4 Å². The van der Waals surface area contributed by atoms with Gasteiger partial charge >= 0.3 is 0 Å². The molecule has 0 aliphatic carbocycles. The molecule has 11 nitrogen and oxygen atoms in total. The van der Waals surface area contributed by atoms with Gasteiger partial charge in [-0.25, -0.2) is 0 Å². The van der Waals surface area contributed by atoms with Crippen molar-refractivity contribution in [2.75, 3.05) is 0 Å². The number of carbonyl (C=O) groups excluding carboxylic acids is 5. The highest BCUT2D eigenvalue weighted by atomic mass is 16.2. The standard InChI is InChI=1S/C35H52N6O5/c1-5-7-19-26(36)32(43)41-30(23(3)4)35(46)40-29(22-25-17-13-10-14-18-25)34(45)39-28(21-24-15-11-9-12-16-24)33(44)38-27(31(37)42)20-8-6-2/h9-18,23,26-30H,5-8,19-22,36H2,1-4H3,(H2,37,42)(H,38,44)(H,39,45)(H,40,46)(H,41,43)/t26-,27-,28-,29-,30-/m1/s1. The number of unbranched alkanes of at least 4 members (excludes halogenated alkanes) is 2. The Morgan fingerprint density at radius 3 is 1.48 bits per heavy atom. The molecule has 2 aromatic rings. The molecule has 46 heavy (non-hydrogen) atoms. The molecule has 2 rings (SSSR count). The summed E-state index contributed by atoms with van der Waals surface area (Å²) in [6.07, 6.45) is 4.31. The van der Waals surface area contributed by atoms with Crippen LogP contribution in [0.4, 0.5) is 0 Å². The van der Waals surface area contributed by atoms with E-state index in [0.29, 0.717) is 19.3 Å². The third-order valence-electron chi connectivity index (χ3n) is 7.79. The number of benzene rings is 2. The second kappa shape index (κ2) is 20.0. The van der Waals surface area contributed by atoms with E-state index >= 15 is 0 Å². The average molecular weight is 637 g/mol. The summed E-state index contributed by atoms with van der Waals surface area (Å²) in [6, 6.07) is 13.6. The van der Waals surface area contributed by atoms with Crippen LogP contribution in [0.1, 0.15) is 77.3 Å². The second-order valence-corrected chi connectivity index (χ2v) is 12.1. The van der Waals surface area contributed by atoms with Gasteiger partial charge in [0.25, 0.3) is 0 Å². The van der Waals surface area contributed by atoms with E-state index < -0.39 is 59.7 Å². The topological polar surface area (TPSA) is 186 Å². The monoisotopic (exact) mass is 636 g/mol. The molecule has 0 aromatic heterocycles. The summed E-state index contributed by atoms with van der Waals surface area (Å²) in [7, 11) is 0. The number of amides is 5. The van der Waals surface area contributed by atoms with Gasteiger partial charge in [-0.3, -0.25) is 24.0 Å². The lowest BCUT2D eigenvalue weighted by Crippen LogP contribution is -2.60. The molecule has 2 aromatic carbocycles. The molecule has 0 aliphatic rings. The molecule has 5 amide bonds. The first-order valence-corrected chi connectivity index (χ1v) is 16.3. The molecule has 5 atom stereocenters. The van der Waals surface area contributed by atoms with Crippen LogP contribution in [-0.2, 0) is 36.8 Å². The average Bonchev–Trinajstić information content (AvgIpc) is 3.03. The maximum Gasteiger partial charge on any atom is 0.243 e. The van der Waals surface area contributed by atoms with E-state index in [4.69, 9.17) is 11.5 Å². The largest absolute Gasteiger partial charge is 0.368 e. The fourth-order valence-electron chi connectivity index (χ4n) is 4.97. The van der Waals surface area contributed by atoms with Crippen LogP contribution in [0.2, 0.25) is 0 Å². The Morgan fingerprint density at radius 1 is 0.609 bits per heavy atom. The van der Waals surface area contributed by atoms with E-state index in [-0.39, 0.29) is 18.8 Å². The molecule has 11 heteroatoms. The number of hydrogen-bond donors (Lipinski definition) is 6. The number of primary amides is 1. The third-order valence-corrected chi connectivity index (χ3v) is 7.79. The quantitative estimate of drug-likeness (QED) is 0.129. The van der Waals surface area contributed by atoms with Crippen LogP contribution in [0.5, 0.6) is 0 Å². The second-order valence-electron chi connectivity index (χ2n) is 12.1. The lowest BCUT2D eigenvalue weighted by Gasteiger charge is -2.28. The van der Waals surface area contributed by atoms with Crippen molar-refractivity contribution < 1.29 is 24.0 Å². The third kappa shape index (κ3) is 13.0. The van der Waals surface area contributed by atoms with Crippen LogP contribution in [0.15, 0.2) is 60.7 Å². The van der Waals surface area contributed by atoms with Crippen LogP contribution >= 0.6 is 0 Å². The van der Waals surface area contributed by atoms with Crippen molar-refractivity contribution in [3.63, 3.8) is 0 Å². The molecule has 0 unspecified atom stereocenters. The molecule has 0 saturated heterocycles. The minimum Gasteiger partial charge on any atom is -0.368 e. The predicted molar refractivity (Wildman–Crippen MR) is 179 cm³/mol. The van der Waals surface area contributed by atoms with E-state index in [9.17, 15) is 24.0 Å². The van der Waals surface area contributed by atoms with Crippen molar-refractivity contribution >= 4 is 29.5 Å². The van der Waals surface area contributed by atoms with E-state index in [1.165, 1.54) is 0 Å². The molecule has 0 bridgehead atoms. The first-order valence-electron chi connectivity index (χ1n) is 16.3. The van der Waals surface area contributed by atoms with Gasteiger partial charge < -0.3 is 32.7 Å². The Kier molecular flexibility index (Phi) is 16.5. The zero-order chi connectivity index (χ0) is 34.1. The first kappa shape index (κ1) is 37.9. The van der Waals surface area contributed by atoms with Crippen molar-refractivity contribution in [3.05, 3.63) is 71.8 Å². The Labute approximate surface area is 273 Å². The van der Waals surface area contributed by atoms with Crippen LogP contribution < -0.4 is 32.7 Å². The highest BCUT2D eigenvalue weighted by Crippen LogP contribution is 2.10. The summed E-state index contributed by atoms with van der Waals surface area (Å²) in [4.78, 5) is 66.0. The predicted octanol–water partition coefficient (Wildman–Crippen LogP) is 2.26. The highest BCUT2D eigenvalue weighted by molar-refractivity contribution is 5.96. The van der Waals surface area contributed by atoms with Gasteiger partial charge in [0.05, 0.1) is 6.04 Å². The number of hydrogen-bond acceptors (Lipinski definition) is 6. The summed E-state index contributed by atoms with van der Waals surface area (Å²) >= 11 is 0. The van der Waals surface area contributed by atoms with Crippen molar-refractivity contribution in [2.45, 2.75) is 109 Å². The Hall–Kier alpha value is -4.25. The number of nitrogens with two attached hydrogens (primary N) is 2. The van der Waals surface area contributed by atoms with Crippen molar-refractivity contribution in [3.8, 4) is 0 Å². The summed E-state index contributed by atoms with van der Waals surface area (Å²) < 4.78 is 0. The SMILES string of the molecule is CCCC[C@@H](N)C(=O)N[C@@H](C(=O)N[C@H](Cc1ccccc1)C(=O)N[C@H](Cc1ccccc1)C(=O)N[C@H](CCCC)C(N)=O)C(C)C. The Balaban J connectivity index is 2.34. The molecule has 0 saturated carbocycles. The number of nitrogens with one attached hydrogen (secondary N) is 4. The maximum absolute atomic E-state index is 13.9. The van der Waals surface area contributed by atoms with Crippen LogP contribution in [0.25, 0.3) is 0 Å². The van der Waals surface area contributed by atoms with Crippen LogP contribution in [-0.4, -0.2) is 59.7 Å².